The lowest BCUT2D eigenvalue weighted by Gasteiger charge is -2.16. The minimum Gasteiger partial charge on any atom is -0.309 e. The van der Waals surface area contributed by atoms with Crippen LogP contribution in [0.4, 0.5) is 0 Å². The molecule has 0 N–H and O–H groups in total. The van der Waals surface area contributed by atoms with Crippen molar-refractivity contribution in [2.45, 2.75) is 13.8 Å². The molecule has 0 saturated carbocycles. The zero-order valence-corrected chi connectivity index (χ0v) is 12.2. The van der Waals surface area contributed by atoms with Gasteiger partial charge in [0.2, 0.25) is 0 Å². The number of hydrogen-bond donors (Lipinski definition) is 0. The molecule has 1 unspecified atom stereocenters. The maximum absolute atomic E-state index is 12.2. The Morgan fingerprint density at radius 3 is 2.56 bits per heavy atom. The van der Waals surface area contributed by atoms with Crippen molar-refractivity contribution in [3.8, 4) is 0 Å². The van der Waals surface area contributed by atoms with E-state index < -0.39 is 0 Å². The number of Topliss-reactive ketones (excluding diaryl/α,β-unsaturated/α-hetero) is 1. The van der Waals surface area contributed by atoms with Crippen molar-refractivity contribution in [3.05, 3.63) is 40.4 Å². The molecule has 0 saturated heterocycles. The molecule has 18 heavy (non-hydrogen) atoms. The topological polar surface area (TPSA) is 20.3 Å². The van der Waals surface area contributed by atoms with Crippen molar-refractivity contribution in [3.63, 3.8) is 0 Å². The fourth-order valence-electron chi connectivity index (χ4n) is 1.92. The van der Waals surface area contributed by atoms with Crippen LogP contribution in [0.3, 0.4) is 0 Å². The predicted molar refractivity (Wildman–Crippen MR) is 77.8 cm³/mol. The van der Waals surface area contributed by atoms with Gasteiger partial charge in [0, 0.05) is 17.5 Å². The first-order valence-corrected chi connectivity index (χ1v) is 6.41. The third-order valence-electron chi connectivity index (χ3n) is 2.75. The molecule has 0 aliphatic rings. The Labute approximate surface area is 114 Å². The zero-order valence-electron chi connectivity index (χ0n) is 11.4. The van der Waals surface area contributed by atoms with Crippen molar-refractivity contribution < 1.29 is 4.79 Å². The summed E-state index contributed by atoms with van der Waals surface area (Å²) in [7, 11) is 3.94. The van der Waals surface area contributed by atoms with E-state index in [2.05, 4.69) is 0 Å². The van der Waals surface area contributed by atoms with Crippen molar-refractivity contribution in [2.75, 3.05) is 20.6 Å². The monoisotopic (exact) mass is 265 g/mol. The van der Waals surface area contributed by atoms with Gasteiger partial charge in [-0.15, -0.1) is 0 Å². The van der Waals surface area contributed by atoms with Crippen molar-refractivity contribution in [1.82, 2.24) is 4.90 Å². The Morgan fingerprint density at radius 2 is 2.00 bits per heavy atom. The first kappa shape index (κ1) is 14.9. The lowest BCUT2D eigenvalue weighted by atomic mass is 9.98. The van der Waals surface area contributed by atoms with E-state index in [4.69, 9.17) is 11.6 Å². The van der Waals surface area contributed by atoms with Crippen LogP contribution in [0.25, 0.3) is 6.08 Å². The second-order valence-electron chi connectivity index (χ2n) is 4.88. The van der Waals surface area contributed by atoms with Crippen LogP contribution in [0.5, 0.6) is 0 Å². The number of carbonyl (C=O) groups is 1. The lowest BCUT2D eigenvalue weighted by molar-refractivity contribution is -0.119. The van der Waals surface area contributed by atoms with Gasteiger partial charge in [-0.1, -0.05) is 36.7 Å². The summed E-state index contributed by atoms with van der Waals surface area (Å²) in [6, 6.07) is 7.54. The highest BCUT2D eigenvalue weighted by Gasteiger charge is 2.15. The molecule has 0 spiro atoms. The normalized spacial score (nSPS) is 13.8. The van der Waals surface area contributed by atoms with E-state index in [1.54, 1.807) is 0 Å². The zero-order chi connectivity index (χ0) is 13.7. The Hall–Kier alpha value is -1.12. The average molecular weight is 266 g/mol. The van der Waals surface area contributed by atoms with Gasteiger partial charge in [0.05, 0.1) is 0 Å². The summed E-state index contributed by atoms with van der Waals surface area (Å²) in [6.45, 7) is 4.55. The first-order chi connectivity index (χ1) is 8.41. The van der Waals surface area contributed by atoms with Gasteiger partial charge in [-0.2, -0.15) is 0 Å². The van der Waals surface area contributed by atoms with Crippen LogP contribution in [0.15, 0.2) is 29.8 Å². The minimum absolute atomic E-state index is 0.00117. The Kier molecular flexibility index (Phi) is 5.57. The van der Waals surface area contributed by atoms with Gasteiger partial charge in [0.1, 0.15) is 0 Å². The number of halogens is 1. The molecule has 2 nitrogen and oxygen atoms in total. The molecule has 1 aromatic carbocycles. The first-order valence-electron chi connectivity index (χ1n) is 6.03. The molecule has 0 amide bonds. The summed E-state index contributed by atoms with van der Waals surface area (Å²) in [5, 5.41) is 0.671. The van der Waals surface area contributed by atoms with Gasteiger partial charge in [-0.05, 0) is 44.3 Å². The smallest absolute Gasteiger partial charge is 0.162 e. The summed E-state index contributed by atoms with van der Waals surface area (Å²) in [4.78, 5) is 14.2. The van der Waals surface area contributed by atoms with Gasteiger partial charge >= 0.3 is 0 Å². The van der Waals surface area contributed by atoms with E-state index in [0.29, 0.717) is 5.02 Å². The van der Waals surface area contributed by atoms with Gasteiger partial charge in [0.25, 0.3) is 0 Å². The number of hydrogen-bond acceptors (Lipinski definition) is 2. The van der Waals surface area contributed by atoms with E-state index in [0.717, 1.165) is 17.7 Å². The molecule has 0 aliphatic heterocycles. The summed E-state index contributed by atoms with van der Waals surface area (Å²) >= 11 is 6.07. The van der Waals surface area contributed by atoms with Crippen LogP contribution in [0.2, 0.25) is 5.02 Å². The molecule has 0 bridgehead atoms. The number of carbonyl (C=O) groups excluding carboxylic acids is 1. The van der Waals surface area contributed by atoms with E-state index in [1.807, 2.05) is 63.2 Å². The Bertz CT molecular complexity index is 452. The number of allylic oxidation sites excluding steroid dienone is 1. The number of ketones is 1. The van der Waals surface area contributed by atoms with Gasteiger partial charge in [-0.25, -0.2) is 0 Å². The number of rotatable bonds is 5. The fourth-order valence-corrected chi connectivity index (χ4v) is 2.11. The van der Waals surface area contributed by atoms with Gasteiger partial charge in [-0.3, -0.25) is 4.79 Å². The molecule has 0 heterocycles. The van der Waals surface area contributed by atoms with E-state index in [1.165, 1.54) is 0 Å². The quantitative estimate of drug-likeness (QED) is 0.760. The Balaban J connectivity index is 2.84. The maximum Gasteiger partial charge on any atom is 0.162 e. The van der Waals surface area contributed by atoms with Crippen LogP contribution in [-0.4, -0.2) is 31.3 Å². The van der Waals surface area contributed by atoms with Crippen molar-refractivity contribution in [2.24, 2.45) is 5.92 Å². The molecular weight excluding hydrogens is 246 g/mol. The third-order valence-corrected chi connectivity index (χ3v) is 3.10. The molecule has 1 rings (SSSR count). The van der Waals surface area contributed by atoms with E-state index in [9.17, 15) is 4.79 Å². The Morgan fingerprint density at radius 1 is 1.39 bits per heavy atom. The summed E-state index contributed by atoms with van der Waals surface area (Å²) in [5.74, 6) is 0.169. The standard InChI is InChI=1S/C15H20ClNO/c1-11(15(18)12(2)10-17(3)4)9-13-7-5-6-8-14(13)16/h5-9,12H,10H2,1-4H3/b11-9+. The average Bonchev–Trinajstić information content (AvgIpc) is 2.30. The van der Waals surface area contributed by atoms with Crippen LogP contribution in [0.1, 0.15) is 19.4 Å². The van der Waals surface area contributed by atoms with Gasteiger partial charge in [0.15, 0.2) is 5.78 Å². The van der Waals surface area contributed by atoms with Crippen molar-refractivity contribution in [1.29, 1.82) is 0 Å². The van der Waals surface area contributed by atoms with Crippen LogP contribution < -0.4 is 0 Å². The summed E-state index contributed by atoms with van der Waals surface area (Å²) in [6.07, 6.45) is 1.86. The van der Waals surface area contributed by atoms with Gasteiger partial charge < -0.3 is 4.90 Å². The molecule has 0 aromatic heterocycles. The van der Waals surface area contributed by atoms with Crippen LogP contribution in [-0.2, 0) is 4.79 Å². The summed E-state index contributed by atoms with van der Waals surface area (Å²) in [5.41, 5.74) is 1.64. The molecule has 1 aromatic rings. The van der Waals surface area contributed by atoms with E-state index in [-0.39, 0.29) is 11.7 Å². The molecule has 0 fully saturated rings. The molecule has 0 radical (unpaired) electrons. The minimum atomic E-state index is -0.00117. The van der Waals surface area contributed by atoms with E-state index >= 15 is 0 Å². The molecule has 0 aliphatic carbocycles. The largest absolute Gasteiger partial charge is 0.309 e. The molecule has 3 heteroatoms. The predicted octanol–water partition coefficient (Wildman–Crippen LogP) is 3.51. The van der Waals surface area contributed by atoms with Crippen molar-refractivity contribution >= 4 is 23.5 Å². The SMILES string of the molecule is C/C(=C\c1ccccc1Cl)C(=O)C(C)CN(C)C. The number of nitrogens with zero attached hydrogens (tertiary/aromatic N) is 1. The van der Waals surface area contributed by atoms with Crippen LogP contribution >= 0.6 is 11.6 Å². The molecule has 98 valence electrons. The molecule has 1 atom stereocenters. The van der Waals surface area contributed by atoms with Crippen LogP contribution in [0, 0.1) is 5.92 Å². The second-order valence-corrected chi connectivity index (χ2v) is 5.28. The highest BCUT2D eigenvalue weighted by Crippen LogP contribution is 2.19. The summed E-state index contributed by atoms with van der Waals surface area (Å²) < 4.78 is 0. The molecular formula is C15H20ClNO. The fraction of sp³-hybridized carbons (Fsp3) is 0.400. The maximum atomic E-state index is 12.2. The highest BCUT2D eigenvalue weighted by atomic mass is 35.5. The second kappa shape index (κ2) is 6.72. The third kappa shape index (κ3) is 4.28. The highest BCUT2D eigenvalue weighted by molar-refractivity contribution is 6.32. The lowest BCUT2D eigenvalue weighted by Crippen LogP contribution is -2.26. The number of benzene rings is 1.